The number of urea groups is 1. The standard InChI is InChI=1S/C10H18N2O2/c1-10(6-14-7-10)5-11-9(13)12-8-3-2-4-8/h8H,2-7H2,1H3,(H2,11,12,13). The lowest BCUT2D eigenvalue weighted by Gasteiger charge is -2.38. The van der Waals surface area contributed by atoms with Crippen LogP contribution >= 0.6 is 0 Å². The van der Waals surface area contributed by atoms with E-state index in [0.717, 1.165) is 26.1 Å². The number of rotatable bonds is 3. The summed E-state index contributed by atoms with van der Waals surface area (Å²) in [4.78, 5) is 11.4. The van der Waals surface area contributed by atoms with Crippen LogP contribution in [0.3, 0.4) is 0 Å². The molecular weight excluding hydrogens is 180 g/mol. The number of amides is 2. The Labute approximate surface area is 84.4 Å². The summed E-state index contributed by atoms with van der Waals surface area (Å²) in [7, 11) is 0. The molecule has 0 atom stereocenters. The lowest BCUT2D eigenvalue weighted by molar-refractivity contribution is -0.0975. The Balaban J connectivity index is 1.61. The first kappa shape index (κ1) is 9.77. The minimum absolute atomic E-state index is 0.0252. The van der Waals surface area contributed by atoms with Gasteiger partial charge in [-0.05, 0) is 19.3 Å². The molecule has 1 saturated carbocycles. The largest absolute Gasteiger partial charge is 0.380 e. The Bertz CT molecular complexity index is 222. The van der Waals surface area contributed by atoms with Crippen molar-refractivity contribution in [2.75, 3.05) is 19.8 Å². The molecule has 2 rings (SSSR count). The van der Waals surface area contributed by atoms with Gasteiger partial charge in [-0.25, -0.2) is 4.79 Å². The topological polar surface area (TPSA) is 50.4 Å². The predicted octanol–water partition coefficient (Wildman–Crippen LogP) is 0.875. The van der Waals surface area contributed by atoms with Crippen LogP contribution in [0.15, 0.2) is 0 Å². The highest BCUT2D eigenvalue weighted by atomic mass is 16.5. The van der Waals surface area contributed by atoms with Gasteiger partial charge in [0.15, 0.2) is 0 Å². The SMILES string of the molecule is CC1(CNC(=O)NC2CCC2)COC1. The van der Waals surface area contributed by atoms with Crippen LogP contribution < -0.4 is 10.6 Å². The minimum Gasteiger partial charge on any atom is -0.380 e. The average Bonchev–Trinajstić information content (AvgIpc) is 2.05. The van der Waals surface area contributed by atoms with Crippen molar-refractivity contribution in [3.05, 3.63) is 0 Å². The molecule has 2 fully saturated rings. The zero-order valence-electron chi connectivity index (χ0n) is 8.64. The van der Waals surface area contributed by atoms with Crippen molar-refractivity contribution in [3.8, 4) is 0 Å². The molecule has 0 bridgehead atoms. The summed E-state index contributed by atoms with van der Waals surface area (Å²) in [5, 5.41) is 5.84. The summed E-state index contributed by atoms with van der Waals surface area (Å²) < 4.78 is 5.11. The Morgan fingerprint density at radius 1 is 1.50 bits per heavy atom. The summed E-state index contributed by atoms with van der Waals surface area (Å²) in [6.07, 6.45) is 3.51. The Kier molecular flexibility index (Phi) is 2.63. The van der Waals surface area contributed by atoms with Gasteiger partial charge >= 0.3 is 6.03 Å². The molecule has 0 spiro atoms. The summed E-state index contributed by atoms with van der Waals surface area (Å²) in [6.45, 7) is 4.36. The second-order valence-electron chi connectivity index (χ2n) is 4.76. The van der Waals surface area contributed by atoms with E-state index < -0.39 is 0 Å². The smallest absolute Gasteiger partial charge is 0.315 e. The minimum atomic E-state index is -0.0252. The van der Waals surface area contributed by atoms with Crippen LogP contribution in [0.25, 0.3) is 0 Å². The maximum Gasteiger partial charge on any atom is 0.315 e. The summed E-state index contributed by atoms with van der Waals surface area (Å²) in [5.74, 6) is 0. The maximum atomic E-state index is 11.4. The highest BCUT2D eigenvalue weighted by Crippen LogP contribution is 2.25. The van der Waals surface area contributed by atoms with Crippen molar-refractivity contribution in [2.45, 2.75) is 32.2 Å². The van der Waals surface area contributed by atoms with Gasteiger partial charge < -0.3 is 15.4 Å². The fourth-order valence-corrected chi connectivity index (χ4v) is 1.64. The van der Waals surface area contributed by atoms with E-state index in [9.17, 15) is 4.79 Å². The maximum absolute atomic E-state index is 11.4. The molecule has 0 radical (unpaired) electrons. The number of carbonyl (C=O) groups is 1. The molecule has 2 aliphatic rings. The predicted molar refractivity (Wildman–Crippen MR) is 53.1 cm³/mol. The fraction of sp³-hybridized carbons (Fsp3) is 0.900. The van der Waals surface area contributed by atoms with Crippen LogP contribution in [0.2, 0.25) is 0 Å². The van der Waals surface area contributed by atoms with Crippen LogP contribution in [0.5, 0.6) is 0 Å². The van der Waals surface area contributed by atoms with E-state index in [0.29, 0.717) is 12.6 Å². The van der Waals surface area contributed by atoms with Gasteiger partial charge in [-0.2, -0.15) is 0 Å². The lowest BCUT2D eigenvalue weighted by atomic mass is 9.89. The number of hydrogen-bond acceptors (Lipinski definition) is 2. The molecule has 0 unspecified atom stereocenters. The van der Waals surface area contributed by atoms with Crippen molar-refractivity contribution >= 4 is 6.03 Å². The van der Waals surface area contributed by atoms with Crippen molar-refractivity contribution in [1.82, 2.24) is 10.6 Å². The van der Waals surface area contributed by atoms with Crippen molar-refractivity contribution < 1.29 is 9.53 Å². The van der Waals surface area contributed by atoms with E-state index in [4.69, 9.17) is 4.74 Å². The molecule has 14 heavy (non-hydrogen) atoms. The fourth-order valence-electron chi connectivity index (χ4n) is 1.64. The molecule has 0 aromatic carbocycles. The molecule has 1 aliphatic heterocycles. The van der Waals surface area contributed by atoms with Crippen molar-refractivity contribution in [2.24, 2.45) is 5.41 Å². The normalized spacial score (nSPS) is 24.6. The molecule has 2 amide bonds. The molecule has 1 aliphatic carbocycles. The zero-order valence-corrected chi connectivity index (χ0v) is 8.64. The molecular formula is C10H18N2O2. The van der Waals surface area contributed by atoms with Gasteiger partial charge in [0.25, 0.3) is 0 Å². The first-order valence-corrected chi connectivity index (χ1v) is 5.30. The summed E-state index contributed by atoms with van der Waals surface area (Å²) >= 11 is 0. The molecule has 4 heteroatoms. The van der Waals surface area contributed by atoms with E-state index >= 15 is 0 Å². The quantitative estimate of drug-likeness (QED) is 0.707. The molecule has 1 saturated heterocycles. The molecule has 1 heterocycles. The highest BCUT2D eigenvalue weighted by molar-refractivity contribution is 5.74. The van der Waals surface area contributed by atoms with Gasteiger partial charge in [0, 0.05) is 18.0 Å². The number of carbonyl (C=O) groups excluding carboxylic acids is 1. The van der Waals surface area contributed by atoms with Crippen LogP contribution in [-0.4, -0.2) is 31.8 Å². The number of ether oxygens (including phenoxy) is 1. The Morgan fingerprint density at radius 3 is 2.64 bits per heavy atom. The van der Waals surface area contributed by atoms with Crippen molar-refractivity contribution in [3.63, 3.8) is 0 Å². The second kappa shape index (κ2) is 3.77. The Hall–Kier alpha value is -0.770. The van der Waals surface area contributed by atoms with E-state index in [-0.39, 0.29) is 11.4 Å². The van der Waals surface area contributed by atoms with Gasteiger partial charge in [0.05, 0.1) is 13.2 Å². The second-order valence-corrected chi connectivity index (χ2v) is 4.76. The third kappa shape index (κ3) is 2.18. The van der Waals surface area contributed by atoms with Crippen LogP contribution in [0.1, 0.15) is 26.2 Å². The third-order valence-electron chi connectivity index (χ3n) is 3.02. The number of hydrogen-bond donors (Lipinski definition) is 2. The molecule has 80 valence electrons. The highest BCUT2D eigenvalue weighted by Gasteiger charge is 2.33. The monoisotopic (exact) mass is 198 g/mol. The zero-order chi connectivity index (χ0) is 10.0. The van der Waals surface area contributed by atoms with Gasteiger partial charge in [-0.1, -0.05) is 6.92 Å². The summed E-state index contributed by atoms with van der Waals surface area (Å²) in [5.41, 5.74) is 0.164. The molecule has 4 nitrogen and oxygen atoms in total. The van der Waals surface area contributed by atoms with Gasteiger partial charge in [-0.15, -0.1) is 0 Å². The first-order valence-electron chi connectivity index (χ1n) is 5.30. The third-order valence-corrected chi connectivity index (χ3v) is 3.02. The molecule has 0 aromatic heterocycles. The lowest BCUT2D eigenvalue weighted by Crippen LogP contribution is -2.52. The van der Waals surface area contributed by atoms with E-state index in [1.165, 1.54) is 6.42 Å². The van der Waals surface area contributed by atoms with E-state index in [2.05, 4.69) is 17.6 Å². The summed E-state index contributed by atoms with van der Waals surface area (Å²) in [6, 6.07) is 0.392. The molecule has 0 aromatic rings. The molecule has 2 N–H and O–H groups in total. The van der Waals surface area contributed by atoms with E-state index in [1.54, 1.807) is 0 Å². The Morgan fingerprint density at radius 2 is 2.21 bits per heavy atom. The van der Waals surface area contributed by atoms with Crippen LogP contribution in [0.4, 0.5) is 4.79 Å². The average molecular weight is 198 g/mol. The van der Waals surface area contributed by atoms with Crippen LogP contribution in [-0.2, 0) is 4.74 Å². The van der Waals surface area contributed by atoms with Gasteiger partial charge in [-0.3, -0.25) is 0 Å². The van der Waals surface area contributed by atoms with Crippen molar-refractivity contribution in [1.29, 1.82) is 0 Å². The van der Waals surface area contributed by atoms with Gasteiger partial charge in [0.1, 0.15) is 0 Å². The van der Waals surface area contributed by atoms with Crippen LogP contribution in [0, 0.1) is 5.41 Å². The number of nitrogens with one attached hydrogen (secondary N) is 2. The van der Waals surface area contributed by atoms with E-state index in [1.807, 2.05) is 0 Å². The van der Waals surface area contributed by atoms with Gasteiger partial charge in [0.2, 0.25) is 0 Å². The first-order chi connectivity index (χ1) is 6.68.